The smallest absolute Gasteiger partial charge is 0.310 e. The summed E-state index contributed by atoms with van der Waals surface area (Å²) in [4.78, 5) is 16.6. The molecule has 0 unspecified atom stereocenters. The van der Waals surface area contributed by atoms with Gasteiger partial charge in [-0.15, -0.1) is 0 Å². The van der Waals surface area contributed by atoms with E-state index in [1.165, 1.54) is 6.20 Å². The van der Waals surface area contributed by atoms with Gasteiger partial charge in [0.2, 0.25) is 0 Å². The first-order valence-corrected chi connectivity index (χ1v) is 5.79. The summed E-state index contributed by atoms with van der Waals surface area (Å²) in [7, 11) is 0. The second-order valence-corrected chi connectivity index (χ2v) is 4.13. The van der Waals surface area contributed by atoms with E-state index < -0.39 is 0 Å². The zero-order valence-electron chi connectivity index (χ0n) is 9.80. The van der Waals surface area contributed by atoms with Crippen molar-refractivity contribution < 1.29 is 4.92 Å². The van der Waals surface area contributed by atoms with Gasteiger partial charge in [0.1, 0.15) is 11.9 Å². The van der Waals surface area contributed by atoms with Gasteiger partial charge < -0.3 is 10.2 Å². The summed E-state index contributed by atoms with van der Waals surface area (Å²) in [6.07, 6.45) is 3.90. The Balaban J connectivity index is 2.30. The Kier molecular flexibility index (Phi) is 3.53. The van der Waals surface area contributed by atoms with Gasteiger partial charge in [-0.05, 0) is 12.5 Å². The van der Waals surface area contributed by atoms with Crippen LogP contribution in [0.3, 0.4) is 0 Å². The third kappa shape index (κ3) is 2.36. The van der Waals surface area contributed by atoms with Gasteiger partial charge in [0.25, 0.3) is 0 Å². The van der Waals surface area contributed by atoms with E-state index in [2.05, 4.69) is 22.1 Å². The normalized spacial score (nSPS) is 15.4. The average Bonchev–Trinajstić information content (AvgIpc) is 2.26. The predicted molar refractivity (Wildman–Crippen MR) is 65.2 cm³/mol. The van der Waals surface area contributed by atoms with Crippen molar-refractivity contribution in [3.05, 3.63) is 28.6 Å². The number of nitrogens with zero attached hydrogens (tertiary/aromatic N) is 3. The average molecular weight is 236 g/mol. The number of aromatic nitrogens is 1. The Hall–Kier alpha value is -1.69. The first kappa shape index (κ1) is 11.8. The Morgan fingerprint density at radius 1 is 1.65 bits per heavy atom. The van der Waals surface area contributed by atoms with E-state index in [1.54, 1.807) is 12.3 Å². The number of pyridine rings is 1. The fourth-order valence-electron chi connectivity index (χ4n) is 2.00. The molecule has 1 N–H and O–H groups in total. The molecule has 1 aromatic heterocycles. The van der Waals surface area contributed by atoms with Crippen molar-refractivity contribution >= 4 is 11.4 Å². The highest BCUT2D eigenvalue weighted by Gasteiger charge is 2.28. The number of nitrogens with one attached hydrogen (secondary N) is 1. The van der Waals surface area contributed by atoms with Crippen LogP contribution in [0.4, 0.5) is 11.4 Å². The molecule has 0 radical (unpaired) electrons. The quantitative estimate of drug-likeness (QED) is 0.614. The molecule has 0 aliphatic carbocycles. The maximum Gasteiger partial charge on any atom is 0.310 e. The van der Waals surface area contributed by atoms with E-state index in [0.717, 1.165) is 26.1 Å². The number of rotatable bonds is 5. The van der Waals surface area contributed by atoms with Gasteiger partial charge in [0, 0.05) is 25.8 Å². The topological polar surface area (TPSA) is 71.3 Å². The van der Waals surface area contributed by atoms with E-state index in [0.29, 0.717) is 11.7 Å². The number of hydrogen-bond acceptors (Lipinski definition) is 5. The van der Waals surface area contributed by atoms with Crippen LogP contribution in [0.25, 0.3) is 0 Å². The van der Waals surface area contributed by atoms with Gasteiger partial charge in [0.15, 0.2) is 0 Å². The number of hydrogen-bond donors (Lipinski definition) is 1. The fraction of sp³-hybridized carbons (Fsp3) is 0.545. The molecule has 0 amide bonds. The molecule has 0 saturated carbocycles. The third-order valence-corrected chi connectivity index (χ3v) is 2.95. The van der Waals surface area contributed by atoms with Gasteiger partial charge in [-0.25, -0.2) is 0 Å². The molecule has 0 aromatic carbocycles. The lowest BCUT2D eigenvalue weighted by atomic mass is 10.1. The van der Waals surface area contributed by atoms with E-state index in [4.69, 9.17) is 0 Å². The molecule has 6 heteroatoms. The Morgan fingerprint density at radius 3 is 2.94 bits per heavy atom. The van der Waals surface area contributed by atoms with Crippen LogP contribution >= 0.6 is 0 Å². The summed E-state index contributed by atoms with van der Waals surface area (Å²) in [5, 5.41) is 14.2. The second kappa shape index (κ2) is 5.09. The summed E-state index contributed by atoms with van der Waals surface area (Å²) in [5.41, 5.74) is 0.770. The monoisotopic (exact) mass is 236 g/mol. The molecule has 1 fully saturated rings. The van der Waals surface area contributed by atoms with Crippen LogP contribution < -0.4 is 10.2 Å². The minimum absolute atomic E-state index is 0.0906. The van der Waals surface area contributed by atoms with Crippen LogP contribution in [0.2, 0.25) is 0 Å². The van der Waals surface area contributed by atoms with Gasteiger partial charge in [-0.2, -0.15) is 0 Å². The minimum Gasteiger partial charge on any atom is -0.360 e. The first-order valence-electron chi connectivity index (χ1n) is 5.79. The molecule has 6 nitrogen and oxygen atoms in total. The summed E-state index contributed by atoms with van der Waals surface area (Å²) in [6.45, 7) is 4.68. The molecule has 1 aromatic rings. The largest absolute Gasteiger partial charge is 0.360 e. The van der Waals surface area contributed by atoms with E-state index >= 15 is 0 Å². The van der Waals surface area contributed by atoms with Crippen LogP contribution in [0.1, 0.15) is 13.3 Å². The SMILES string of the molecule is CCCN(c1ccncc1[N+](=O)[O-])C1CNC1. The van der Waals surface area contributed by atoms with Crippen LogP contribution in [-0.2, 0) is 0 Å². The van der Waals surface area contributed by atoms with Crippen molar-refractivity contribution in [2.45, 2.75) is 19.4 Å². The maximum atomic E-state index is 11.0. The summed E-state index contributed by atoms with van der Waals surface area (Å²) in [5.74, 6) is 0. The zero-order chi connectivity index (χ0) is 12.3. The number of anilines is 1. The molecular formula is C11H16N4O2. The first-order chi connectivity index (χ1) is 8.24. The molecule has 1 aliphatic rings. The van der Waals surface area contributed by atoms with Crippen LogP contribution in [-0.4, -0.2) is 35.6 Å². The van der Waals surface area contributed by atoms with Crippen molar-refractivity contribution in [1.82, 2.24) is 10.3 Å². The van der Waals surface area contributed by atoms with Gasteiger partial charge in [-0.1, -0.05) is 6.92 Å². The minimum atomic E-state index is -0.364. The summed E-state index contributed by atoms with van der Waals surface area (Å²) in [6, 6.07) is 2.09. The molecule has 1 aliphatic heterocycles. The molecular weight excluding hydrogens is 220 g/mol. The van der Waals surface area contributed by atoms with Crippen molar-refractivity contribution in [2.75, 3.05) is 24.5 Å². The molecule has 17 heavy (non-hydrogen) atoms. The summed E-state index contributed by atoms with van der Waals surface area (Å²) >= 11 is 0. The molecule has 2 rings (SSSR count). The highest BCUT2D eigenvalue weighted by molar-refractivity contribution is 5.62. The molecule has 1 saturated heterocycles. The molecule has 0 atom stereocenters. The Morgan fingerprint density at radius 2 is 2.41 bits per heavy atom. The van der Waals surface area contributed by atoms with E-state index in [-0.39, 0.29) is 10.6 Å². The molecule has 0 bridgehead atoms. The van der Waals surface area contributed by atoms with Crippen LogP contribution in [0.5, 0.6) is 0 Å². The highest BCUT2D eigenvalue weighted by Crippen LogP contribution is 2.29. The molecule has 92 valence electrons. The molecule has 2 heterocycles. The van der Waals surface area contributed by atoms with Gasteiger partial charge in [-0.3, -0.25) is 15.1 Å². The lowest BCUT2D eigenvalue weighted by Crippen LogP contribution is -2.57. The second-order valence-electron chi connectivity index (χ2n) is 4.13. The van der Waals surface area contributed by atoms with E-state index in [9.17, 15) is 10.1 Å². The van der Waals surface area contributed by atoms with Gasteiger partial charge in [0.05, 0.1) is 11.0 Å². The van der Waals surface area contributed by atoms with Crippen molar-refractivity contribution in [1.29, 1.82) is 0 Å². The fourth-order valence-corrected chi connectivity index (χ4v) is 2.00. The van der Waals surface area contributed by atoms with E-state index in [1.807, 2.05) is 0 Å². The van der Waals surface area contributed by atoms with Crippen LogP contribution in [0, 0.1) is 10.1 Å². The Bertz CT molecular complexity index is 406. The van der Waals surface area contributed by atoms with Crippen molar-refractivity contribution in [3.63, 3.8) is 0 Å². The highest BCUT2D eigenvalue weighted by atomic mass is 16.6. The van der Waals surface area contributed by atoms with Crippen molar-refractivity contribution in [3.8, 4) is 0 Å². The molecule has 0 spiro atoms. The summed E-state index contributed by atoms with van der Waals surface area (Å²) < 4.78 is 0. The maximum absolute atomic E-state index is 11.0. The third-order valence-electron chi connectivity index (χ3n) is 2.95. The number of nitro groups is 1. The van der Waals surface area contributed by atoms with Gasteiger partial charge >= 0.3 is 5.69 Å². The van der Waals surface area contributed by atoms with Crippen molar-refractivity contribution in [2.24, 2.45) is 0 Å². The predicted octanol–water partition coefficient (Wildman–Crippen LogP) is 1.18. The van der Waals surface area contributed by atoms with Crippen LogP contribution in [0.15, 0.2) is 18.5 Å². The zero-order valence-corrected chi connectivity index (χ0v) is 9.80. The lowest BCUT2D eigenvalue weighted by molar-refractivity contribution is -0.384. The lowest BCUT2D eigenvalue weighted by Gasteiger charge is -2.39. The Labute approximate surface area is 99.8 Å². The standard InChI is InChI=1S/C11H16N4O2/c1-2-5-14(9-6-13-7-9)10-3-4-12-8-11(10)15(16)17/h3-4,8-9,13H,2,5-7H2,1H3.